The van der Waals surface area contributed by atoms with E-state index >= 15 is 0 Å². The minimum Gasteiger partial charge on any atom is -0.381 e. The predicted molar refractivity (Wildman–Crippen MR) is 86.7 cm³/mol. The highest BCUT2D eigenvalue weighted by molar-refractivity contribution is 5.96. The van der Waals surface area contributed by atoms with Crippen molar-refractivity contribution >= 4 is 11.8 Å². The molecule has 0 saturated carbocycles. The molecule has 1 spiro atoms. The zero-order chi connectivity index (χ0) is 17.3. The Morgan fingerprint density at radius 1 is 1.29 bits per heavy atom. The molecule has 132 valence electrons. The molecule has 2 aliphatic heterocycles. The molecule has 7 nitrogen and oxygen atoms in total. The van der Waals surface area contributed by atoms with E-state index in [1.165, 1.54) is 0 Å². The summed E-state index contributed by atoms with van der Waals surface area (Å²) >= 11 is 0. The minimum atomic E-state index is -0.324. The smallest absolute Gasteiger partial charge is 0.259 e. The number of rotatable bonds is 2. The van der Waals surface area contributed by atoms with E-state index in [1.807, 2.05) is 11.8 Å². The normalized spacial score (nSPS) is 21.2. The Balaban J connectivity index is 1.92. The molecular formula is C17H25N3O4. The molecule has 1 aromatic heterocycles. The van der Waals surface area contributed by atoms with E-state index in [-0.39, 0.29) is 17.4 Å². The second kappa shape index (κ2) is 6.55. The molecular weight excluding hydrogens is 310 g/mol. The molecule has 1 aromatic rings. The predicted octanol–water partition coefficient (Wildman–Crippen LogP) is 1.54. The Bertz CT molecular complexity index is 614. The van der Waals surface area contributed by atoms with Gasteiger partial charge in [0.05, 0.1) is 11.2 Å². The third-order valence-corrected chi connectivity index (χ3v) is 5.23. The average Bonchev–Trinajstić information content (AvgIpc) is 2.83. The first-order chi connectivity index (χ1) is 11.5. The van der Waals surface area contributed by atoms with Gasteiger partial charge in [-0.05, 0) is 33.6 Å². The lowest BCUT2D eigenvalue weighted by molar-refractivity contribution is -0.139. The quantitative estimate of drug-likeness (QED) is 0.819. The van der Waals surface area contributed by atoms with Crippen molar-refractivity contribution in [3.8, 4) is 0 Å². The van der Waals surface area contributed by atoms with Gasteiger partial charge in [-0.3, -0.25) is 9.59 Å². The molecule has 24 heavy (non-hydrogen) atoms. The maximum atomic E-state index is 13.0. The third-order valence-electron chi connectivity index (χ3n) is 5.23. The van der Waals surface area contributed by atoms with Crippen LogP contribution in [0.2, 0.25) is 0 Å². The summed E-state index contributed by atoms with van der Waals surface area (Å²) in [5.74, 6) is 0.554. The van der Waals surface area contributed by atoms with Gasteiger partial charge in [-0.1, -0.05) is 5.16 Å². The van der Waals surface area contributed by atoms with Crippen LogP contribution in [0.25, 0.3) is 0 Å². The molecule has 0 aromatic carbocycles. The van der Waals surface area contributed by atoms with E-state index in [0.29, 0.717) is 56.3 Å². The fourth-order valence-electron chi connectivity index (χ4n) is 3.96. The van der Waals surface area contributed by atoms with Crippen molar-refractivity contribution < 1.29 is 18.8 Å². The molecule has 2 saturated heterocycles. The first-order valence-corrected chi connectivity index (χ1v) is 8.59. The lowest BCUT2D eigenvalue weighted by Gasteiger charge is -2.46. The summed E-state index contributed by atoms with van der Waals surface area (Å²) in [5, 5.41) is 3.89. The highest BCUT2D eigenvalue weighted by Gasteiger charge is 2.45. The largest absolute Gasteiger partial charge is 0.381 e. The van der Waals surface area contributed by atoms with Crippen LogP contribution in [-0.2, 0) is 9.53 Å². The van der Waals surface area contributed by atoms with Crippen molar-refractivity contribution in [2.75, 3.05) is 32.8 Å². The topological polar surface area (TPSA) is 75.9 Å². The van der Waals surface area contributed by atoms with Gasteiger partial charge >= 0.3 is 0 Å². The first-order valence-electron chi connectivity index (χ1n) is 8.59. The lowest BCUT2D eigenvalue weighted by Crippen LogP contribution is -2.58. The van der Waals surface area contributed by atoms with Gasteiger partial charge in [0.1, 0.15) is 11.3 Å². The summed E-state index contributed by atoms with van der Waals surface area (Å²) in [7, 11) is 0. The highest BCUT2D eigenvalue weighted by atomic mass is 16.5. The van der Waals surface area contributed by atoms with Crippen LogP contribution < -0.4 is 0 Å². The second-order valence-electron chi connectivity index (χ2n) is 6.65. The molecule has 3 rings (SSSR count). The maximum absolute atomic E-state index is 13.0. The molecule has 0 bridgehead atoms. The lowest BCUT2D eigenvalue weighted by atomic mass is 9.87. The van der Waals surface area contributed by atoms with Crippen LogP contribution in [0.3, 0.4) is 0 Å². The van der Waals surface area contributed by atoms with E-state index in [2.05, 4.69) is 5.16 Å². The highest BCUT2D eigenvalue weighted by Crippen LogP contribution is 2.32. The summed E-state index contributed by atoms with van der Waals surface area (Å²) < 4.78 is 10.6. The van der Waals surface area contributed by atoms with Crippen LogP contribution in [0.4, 0.5) is 0 Å². The Morgan fingerprint density at radius 2 is 2.00 bits per heavy atom. The standard InChI is InChI=1S/C17H25N3O4/c1-4-20-14(21)5-8-19(11-17(20)6-9-23-10-7-17)16(22)15-12(2)18-24-13(15)3/h4-11H2,1-3H3. The zero-order valence-corrected chi connectivity index (χ0v) is 14.6. The minimum absolute atomic E-state index is 0.0946. The van der Waals surface area contributed by atoms with Crippen LogP contribution in [0.5, 0.6) is 0 Å². The van der Waals surface area contributed by atoms with Crippen LogP contribution in [0.15, 0.2) is 4.52 Å². The molecule has 0 unspecified atom stereocenters. The molecule has 0 aliphatic carbocycles. The Morgan fingerprint density at radius 3 is 2.58 bits per heavy atom. The molecule has 3 heterocycles. The number of carbonyl (C=O) groups is 2. The second-order valence-corrected chi connectivity index (χ2v) is 6.65. The Hall–Kier alpha value is -1.89. The number of nitrogens with zero attached hydrogens (tertiary/aromatic N) is 3. The monoisotopic (exact) mass is 335 g/mol. The van der Waals surface area contributed by atoms with Crippen molar-refractivity contribution in [2.45, 2.75) is 45.6 Å². The van der Waals surface area contributed by atoms with Gasteiger partial charge in [0.15, 0.2) is 0 Å². The molecule has 0 atom stereocenters. The number of hydrogen-bond donors (Lipinski definition) is 0. The summed E-state index contributed by atoms with van der Waals surface area (Å²) in [6, 6.07) is 0. The zero-order valence-electron chi connectivity index (χ0n) is 14.6. The number of aryl methyl sites for hydroxylation is 2. The summed E-state index contributed by atoms with van der Waals surface area (Å²) in [5.41, 5.74) is 0.797. The van der Waals surface area contributed by atoms with Crippen molar-refractivity contribution in [3.63, 3.8) is 0 Å². The third kappa shape index (κ3) is 2.81. The molecule has 7 heteroatoms. The fourth-order valence-corrected chi connectivity index (χ4v) is 3.96. The SMILES string of the molecule is CCN1C(=O)CCN(C(=O)c2c(C)noc2C)CC12CCOCC2. The number of carbonyl (C=O) groups excluding carboxylic acids is 2. The van der Waals surface area contributed by atoms with Crippen molar-refractivity contribution in [1.29, 1.82) is 0 Å². The van der Waals surface area contributed by atoms with Crippen molar-refractivity contribution in [3.05, 3.63) is 17.0 Å². The number of aromatic nitrogens is 1. The molecule has 2 fully saturated rings. The van der Waals surface area contributed by atoms with Crippen LogP contribution in [0.1, 0.15) is 48.0 Å². The van der Waals surface area contributed by atoms with Crippen molar-refractivity contribution in [1.82, 2.24) is 15.0 Å². The van der Waals surface area contributed by atoms with Gasteiger partial charge in [-0.15, -0.1) is 0 Å². The number of hydrogen-bond acceptors (Lipinski definition) is 5. The van der Waals surface area contributed by atoms with Crippen LogP contribution >= 0.6 is 0 Å². The van der Waals surface area contributed by atoms with E-state index in [1.54, 1.807) is 18.7 Å². The first kappa shape index (κ1) is 17.0. The Labute approximate surface area is 141 Å². The summed E-state index contributed by atoms with van der Waals surface area (Å²) in [4.78, 5) is 29.4. The molecule has 2 amide bonds. The van der Waals surface area contributed by atoms with Gasteiger partial charge in [-0.25, -0.2) is 0 Å². The number of ether oxygens (including phenoxy) is 1. The molecule has 2 aliphatic rings. The van der Waals surface area contributed by atoms with Crippen LogP contribution in [0, 0.1) is 13.8 Å². The molecule has 0 radical (unpaired) electrons. The number of amides is 2. The van der Waals surface area contributed by atoms with E-state index in [0.717, 1.165) is 12.8 Å². The van der Waals surface area contributed by atoms with Crippen LogP contribution in [-0.4, -0.2) is 65.2 Å². The summed E-state index contributed by atoms with van der Waals surface area (Å²) in [6.45, 7) is 8.40. The fraction of sp³-hybridized carbons (Fsp3) is 0.706. The summed E-state index contributed by atoms with van der Waals surface area (Å²) in [6.07, 6.45) is 1.88. The Kier molecular flexibility index (Phi) is 4.62. The molecule has 0 N–H and O–H groups in total. The van der Waals surface area contributed by atoms with E-state index in [9.17, 15) is 9.59 Å². The van der Waals surface area contributed by atoms with Gasteiger partial charge in [0.25, 0.3) is 5.91 Å². The van der Waals surface area contributed by atoms with Gasteiger partial charge in [0, 0.05) is 39.3 Å². The van der Waals surface area contributed by atoms with Gasteiger partial charge < -0.3 is 19.1 Å². The van der Waals surface area contributed by atoms with E-state index in [4.69, 9.17) is 9.26 Å². The van der Waals surface area contributed by atoms with E-state index < -0.39 is 0 Å². The number of likely N-dealkylation sites (N-methyl/N-ethyl adjacent to an activating group) is 1. The van der Waals surface area contributed by atoms with Gasteiger partial charge in [0.2, 0.25) is 5.91 Å². The maximum Gasteiger partial charge on any atom is 0.259 e. The van der Waals surface area contributed by atoms with Crippen molar-refractivity contribution in [2.24, 2.45) is 0 Å². The average molecular weight is 335 g/mol. The van der Waals surface area contributed by atoms with Gasteiger partial charge in [-0.2, -0.15) is 0 Å².